The molecule has 3 nitrogen and oxygen atoms in total. The van der Waals surface area contributed by atoms with Crippen LogP contribution in [0.4, 0.5) is 0 Å². The molecule has 0 saturated carbocycles. The molecule has 1 aromatic rings. The van der Waals surface area contributed by atoms with E-state index < -0.39 is 5.41 Å². The highest BCUT2D eigenvalue weighted by Crippen LogP contribution is 2.40. The first kappa shape index (κ1) is 17.7. The van der Waals surface area contributed by atoms with Crippen molar-refractivity contribution in [2.24, 2.45) is 16.6 Å². The second kappa shape index (κ2) is 6.18. The van der Waals surface area contributed by atoms with Crippen molar-refractivity contribution in [1.29, 1.82) is 0 Å². The lowest BCUT2D eigenvalue weighted by atomic mass is 9.65. The Morgan fingerprint density at radius 1 is 1.05 bits per heavy atom. The summed E-state index contributed by atoms with van der Waals surface area (Å²) in [6.07, 6.45) is 0.740. The molecule has 3 heteroatoms. The number of benzene rings is 1. The standard InChI is InChI=1S/C18H30N2O/c1-16(2,13-17(3,4)18(5,6)19)15(21)20-12-14-10-8-7-9-11-14/h7-11H,12-13,19H2,1-6H3,(H,20,21). The predicted molar refractivity (Wildman–Crippen MR) is 88.7 cm³/mol. The lowest BCUT2D eigenvalue weighted by Crippen LogP contribution is -2.51. The summed E-state index contributed by atoms with van der Waals surface area (Å²) >= 11 is 0. The van der Waals surface area contributed by atoms with Gasteiger partial charge in [0.15, 0.2) is 0 Å². The van der Waals surface area contributed by atoms with Crippen LogP contribution in [0.3, 0.4) is 0 Å². The number of hydrogen-bond donors (Lipinski definition) is 2. The van der Waals surface area contributed by atoms with Gasteiger partial charge in [0.2, 0.25) is 5.91 Å². The summed E-state index contributed by atoms with van der Waals surface area (Å²) in [7, 11) is 0. The molecule has 21 heavy (non-hydrogen) atoms. The molecule has 0 radical (unpaired) electrons. The first-order valence-electron chi connectivity index (χ1n) is 7.57. The van der Waals surface area contributed by atoms with Gasteiger partial charge in [-0.2, -0.15) is 0 Å². The normalized spacial score (nSPS) is 13.1. The fraction of sp³-hybridized carbons (Fsp3) is 0.611. The van der Waals surface area contributed by atoms with E-state index in [0.29, 0.717) is 6.54 Å². The Kier molecular flexibility index (Phi) is 5.21. The Labute approximate surface area is 129 Å². The van der Waals surface area contributed by atoms with Gasteiger partial charge in [-0.05, 0) is 31.2 Å². The van der Waals surface area contributed by atoms with Gasteiger partial charge in [0.25, 0.3) is 0 Å². The lowest BCUT2D eigenvalue weighted by molar-refractivity contribution is -0.131. The van der Waals surface area contributed by atoms with Gasteiger partial charge in [0.05, 0.1) is 0 Å². The van der Waals surface area contributed by atoms with E-state index in [2.05, 4.69) is 19.2 Å². The van der Waals surface area contributed by atoms with Gasteiger partial charge in [-0.15, -0.1) is 0 Å². The number of amides is 1. The van der Waals surface area contributed by atoms with Gasteiger partial charge in [-0.25, -0.2) is 0 Å². The minimum atomic E-state index is -0.449. The van der Waals surface area contributed by atoms with Crippen molar-refractivity contribution in [2.75, 3.05) is 0 Å². The Bertz CT molecular complexity index is 470. The maximum Gasteiger partial charge on any atom is 0.225 e. The Hall–Kier alpha value is -1.35. The smallest absolute Gasteiger partial charge is 0.225 e. The Balaban J connectivity index is 2.67. The highest BCUT2D eigenvalue weighted by Gasteiger charge is 2.41. The molecule has 118 valence electrons. The molecule has 1 amide bonds. The van der Waals surface area contributed by atoms with E-state index in [0.717, 1.165) is 12.0 Å². The van der Waals surface area contributed by atoms with Crippen LogP contribution < -0.4 is 11.1 Å². The molecule has 0 fully saturated rings. The van der Waals surface area contributed by atoms with Crippen LogP contribution in [-0.4, -0.2) is 11.4 Å². The van der Waals surface area contributed by atoms with Crippen LogP contribution in [0.1, 0.15) is 53.5 Å². The van der Waals surface area contributed by atoms with E-state index in [1.807, 2.05) is 58.0 Å². The van der Waals surface area contributed by atoms with E-state index in [1.54, 1.807) is 0 Å². The molecule has 0 bridgehead atoms. The molecular weight excluding hydrogens is 260 g/mol. The van der Waals surface area contributed by atoms with Crippen LogP contribution in [-0.2, 0) is 11.3 Å². The van der Waals surface area contributed by atoms with Crippen molar-refractivity contribution in [2.45, 2.75) is 60.0 Å². The molecule has 0 aliphatic rings. The molecule has 0 spiro atoms. The Morgan fingerprint density at radius 2 is 1.57 bits per heavy atom. The third-order valence-corrected chi connectivity index (χ3v) is 4.54. The van der Waals surface area contributed by atoms with Gasteiger partial charge < -0.3 is 11.1 Å². The maximum atomic E-state index is 12.5. The summed E-state index contributed by atoms with van der Waals surface area (Å²) < 4.78 is 0. The summed E-state index contributed by atoms with van der Waals surface area (Å²) in [6.45, 7) is 12.8. The minimum Gasteiger partial charge on any atom is -0.352 e. The first-order chi connectivity index (χ1) is 9.46. The molecule has 3 N–H and O–H groups in total. The molecular formula is C18H30N2O. The number of carbonyl (C=O) groups excluding carboxylic acids is 1. The number of hydrogen-bond acceptors (Lipinski definition) is 2. The van der Waals surface area contributed by atoms with E-state index in [9.17, 15) is 4.79 Å². The number of nitrogens with two attached hydrogens (primary N) is 1. The molecule has 1 rings (SSSR count). The molecule has 0 heterocycles. The summed E-state index contributed by atoms with van der Waals surface area (Å²) in [5, 5.41) is 3.03. The van der Waals surface area contributed by atoms with E-state index in [-0.39, 0.29) is 16.9 Å². The van der Waals surface area contributed by atoms with Crippen molar-refractivity contribution in [3.05, 3.63) is 35.9 Å². The van der Waals surface area contributed by atoms with Crippen LogP contribution in [0.15, 0.2) is 30.3 Å². The zero-order valence-corrected chi connectivity index (χ0v) is 14.3. The van der Waals surface area contributed by atoms with E-state index in [1.165, 1.54) is 0 Å². The zero-order chi connectivity index (χ0) is 16.3. The van der Waals surface area contributed by atoms with Crippen molar-refractivity contribution in [3.63, 3.8) is 0 Å². The molecule has 0 aliphatic carbocycles. The summed E-state index contributed by atoms with van der Waals surface area (Å²) in [5.41, 5.74) is 6.46. The largest absolute Gasteiger partial charge is 0.352 e. The average Bonchev–Trinajstić information content (AvgIpc) is 2.34. The van der Waals surface area contributed by atoms with Crippen molar-refractivity contribution >= 4 is 5.91 Å². The monoisotopic (exact) mass is 290 g/mol. The van der Waals surface area contributed by atoms with Crippen LogP contribution in [0.25, 0.3) is 0 Å². The highest BCUT2D eigenvalue weighted by atomic mass is 16.2. The molecule has 1 aromatic carbocycles. The highest BCUT2D eigenvalue weighted by molar-refractivity contribution is 5.81. The summed E-state index contributed by atoms with van der Waals surface area (Å²) in [6, 6.07) is 9.96. The minimum absolute atomic E-state index is 0.0729. The second-order valence-electron chi connectivity index (χ2n) is 7.83. The fourth-order valence-electron chi connectivity index (χ4n) is 2.43. The van der Waals surface area contributed by atoms with Gasteiger partial charge in [-0.3, -0.25) is 4.79 Å². The van der Waals surface area contributed by atoms with Gasteiger partial charge in [-0.1, -0.05) is 58.0 Å². The van der Waals surface area contributed by atoms with Gasteiger partial charge >= 0.3 is 0 Å². The summed E-state index contributed by atoms with van der Waals surface area (Å²) in [4.78, 5) is 12.5. The van der Waals surface area contributed by atoms with Crippen molar-refractivity contribution in [3.8, 4) is 0 Å². The molecule has 0 atom stereocenters. The quantitative estimate of drug-likeness (QED) is 0.842. The van der Waals surface area contributed by atoms with E-state index in [4.69, 9.17) is 5.73 Å². The number of nitrogens with one attached hydrogen (secondary N) is 1. The zero-order valence-electron chi connectivity index (χ0n) is 14.3. The Morgan fingerprint density at radius 3 is 2.05 bits per heavy atom. The molecule has 0 aliphatic heterocycles. The van der Waals surface area contributed by atoms with Crippen LogP contribution >= 0.6 is 0 Å². The number of rotatable bonds is 6. The van der Waals surface area contributed by atoms with Gasteiger partial charge in [0.1, 0.15) is 0 Å². The average molecular weight is 290 g/mol. The van der Waals surface area contributed by atoms with Crippen LogP contribution in [0.5, 0.6) is 0 Å². The lowest BCUT2D eigenvalue weighted by Gasteiger charge is -2.43. The first-order valence-corrected chi connectivity index (χ1v) is 7.57. The second-order valence-corrected chi connectivity index (χ2v) is 7.83. The molecule has 0 unspecified atom stereocenters. The molecule has 0 aromatic heterocycles. The van der Waals surface area contributed by atoms with Crippen molar-refractivity contribution < 1.29 is 4.79 Å². The van der Waals surface area contributed by atoms with E-state index >= 15 is 0 Å². The number of carbonyl (C=O) groups is 1. The van der Waals surface area contributed by atoms with Crippen LogP contribution in [0, 0.1) is 10.8 Å². The topological polar surface area (TPSA) is 55.1 Å². The summed E-state index contributed by atoms with van der Waals surface area (Å²) in [5.74, 6) is 0.0729. The third kappa shape index (κ3) is 4.85. The predicted octanol–water partition coefficient (Wildman–Crippen LogP) is 3.48. The maximum absolute atomic E-state index is 12.5. The third-order valence-electron chi connectivity index (χ3n) is 4.54. The fourth-order valence-corrected chi connectivity index (χ4v) is 2.43. The van der Waals surface area contributed by atoms with Crippen LogP contribution in [0.2, 0.25) is 0 Å². The van der Waals surface area contributed by atoms with Crippen molar-refractivity contribution in [1.82, 2.24) is 5.32 Å². The SMILES string of the molecule is CC(C)(CC(C)(C)C(C)(C)N)C(=O)NCc1ccccc1. The molecule has 0 saturated heterocycles. The van der Waals surface area contributed by atoms with Gasteiger partial charge in [0, 0.05) is 17.5 Å².